The highest BCUT2D eigenvalue weighted by Crippen LogP contribution is 2.16. The first-order chi connectivity index (χ1) is 15.2. The Kier molecular flexibility index (Phi) is 8.22. The Labute approximate surface area is 183 Å². The fourth-order valence-electron chi connectivity index (χ4n) is 3.17. The molecular weight excluding hydrogens is 388 g/mol. The predicted octanol–water partition coefficient (Wildman–Crippen LogP) is 2.83. The van der Waals surface area contributed by atoms with Gasteiger partial charge in [-0.05, 0) is 24.5 Å². The van der Waals surface area contributed by atoms with Crippen molar-refractivity contribution in [3.63, 3.8) is 0 Å². The SMILES string of the molecule is CCNC(=NCC(=O)NCCc1ccccc1)N(C)Cc1ncc(-c2ccccc2)[nH]1. The van der Waals surface area contributed by atoms with Gasteiger partial charge in [0.05, 0.1) is 18.4 Å². The van der Waals surface area contributed by atoms with Crippen molar-refractivity contribution in [2.75, 3.05) is 26.7 Å². The molecule has 0 aliphatic carbocycles. The zero-order valence-corrected chi connectivity index (χ0v) is 18.1. The van der Waals surface area contributed by atoms with E-state index in [-0.39, 0.29) is 12.5 Å². The fourth-order valence-corrected chi connectivity index (χ4v) is 3.17. The van der Waals surface area contributed by atoms with Gasteiger partial charge in [0.25, 0.3) is 0 Å². The van der Waals surface area contributed by atoms with Gasteiger partial charge in [0, 0.05) is 20.1 Å². The third-order valence-electron chi connectivity index (χ3n) is 4.75. The predicted molar refractivity (Wildman–Crippen MR) is 125 cm³/mol. The summed E-state index contributed by atoms with van der Waals surface area (Å²) in [5.74, 6) is 1.40. The van der Waals surface area contributed by atoms with Gasteiger partial charge in [0.15, 0.2) is 5.96 Å². The molecule has 0 spiro atoms. The number of guanidine groups is 1. The molecule has 0 saturated heterocycles. The summed E-state index contributed by atoms with van der Waals surface area (Å²) in [6, 6.07) is 20.2. The molecule has 0 aliphatic heterocycles. The van der Waals surface area contributed by atoms with E-state index in [4.69, 9.17) is 0 Å². The van der Waals surface area contributed by atoms with E-state index >= 15 is 0 Å². The number of carbonyl (C=O) groups is 1. The van der Waals surface area contributed by atoms with E-state index in [0.29, 0.717) is 25.6 Å². The van der Waals surface area contributed by atoms with E-state index < -0.39 is 0 Å². The number of imidazole rings is 1. The van der Waals surface area contributed by atoms with Gasteiger partial charge in [-0.1, -0.05) is 60.7 Å². The van der Waals surface area contributed by atoms with E-state index in [1.165, 1.54) is 5.56 Å². The van der Waals surface area contributed by atoms with Crippen molar-refractivity contribution in [1.82, 2.24) is 25.5 Å². The average molecular weight is 419 g/mol. The van der Waals surface area contributed by atoms with E-state index in [2.05, 4.69) is 37.7 Å². The Hall–Kier alpha value is -3.61. The third-order valence-corrected chi connectivity index (χ3v) is 4.75. The molecule has 1 amide bonds. The van der Waals surface area contributed by atoms with Crippen LogP contribution in [0, 0.1) is 0 Å². The maximum atomic E-state index is 12.2. The Morgan fingerprint density at radius 1 is 1.06 bits per heavy atom. The average Bonchev–Trinajstić information content (AvgIpc) is 3.26. The molecule has 0 atom stereocenters. The molecule has 0 radical (unpaired) electrons. The Morgan fingerprint density at radius 3 is 2.48 bits per heavy atom. The van der Waals surface area contributed by atoms with Gasteiger partial charge in [-0.15, -0.1) is 0 Å². The van der Waals surface area contributed by atoms with Crippen LogP contribution in [0.4, 0.5) is 0 Å². The highest BCUT2D eigenvalue weighted by Gasteiger charge is 2.11. The van der Waals surface area contributed by atoms with Gasteiger partial charge in [-0.2, -0.15) is 0 Å². The zero-order valence-electron chi connectivity index (χ0n) is 18.1. The van der Waals surface area contributed by atoms with Crippen molar-refractivity contribution in [2.45, 2.75) is 19.9 Å². The van der Waals surface area contributed by atoms with Crippen molar-refractivity contribution in [2.24, 2.45) is 4.99 Å². The number of nitrogens with one attached hydrogen (secondary N) is 3. The lowest BCUT2D eigenvalue weighted by atomic mass is 10.1. The molecule has 0 bridgehead atoms. The molecule has 2 aromatic carbocycles. The minimum atomic E-state index is -0.0934. The maximum Gasteiger partial charge on any atom is 0.241 e. The monoisotopic (exact) mass is 418 g/mol. The number of aromatic amines is 1. The Bertz CT molecular complexity index is 968. The summed E-state index contributed by atoms with van der Waals surface area (Å²) in [6.45, 7) is 3.94. The fraction of sp³-hybridized carbons (Fsp3) is 0.292. The summed E-state index contributed by atoms with van der Waals surface area (Å²) >= 11 is 0. The molecular formula is C24H30N6O. The van der Waals surface area contributed by atoms with Crippen LogP contribution in [-0.4, -0.2) is 53.4 Å². The highest BCUT2D eigenvalue weighted by atomic mass is 16.1. The molecule has 7 heteroatoms. The maximum absolute atomic E-state index is 12.2. The van der Waals surface area contributed by atoms with Gasteiger partial charge in [-0.25, -0.2) is 9.98 Å². The largest absolute Gasteiger partial charge is 0.357 e. The number of nitrogens with zero attached hydrogens (tertiary/aromatic N) is 3. The lowest BCUT2D eigenvalue weighted by Gasteiger charge is -2.21. The number of H-pyrrole nitrogens is 1. The van der Waals surface area contributed by atoms with Crippen LogP contribution in [-0.2, 0) is 17.8 Å². The molecule has 0 aliphatic rings. The van der Waals surface area contributed by atoms with Crippen molar-refractivity contribution in [3.05, 3.63) is 78.2 Å². The first kappa shape index (κ1) is 22.1. The van der Waals surface area contributed by atoms with Gasteiger partial charge >= 0.3 is 0 Å². The van der Waals surface area contributed by atoms with Crippen LogP contribution < -0.4 is 10.6 Å². The first-order valence-electron chi connectivity index (χ1n) is 10.5. The van der Waals surface area contributed by atoms with Crippen LogP contribution in [0.3, 0.4) is 0 Å². The number of carbonyl (C=O) groups excluding carboxylic acids is 1. The molecule has 3 rings (SSSR count). The first-order valence-corrected chi connectivity index (χ1v) is 10.5. The molecule has 0 fully saturated rings. The van der Waals surface area contributed by atoms with Crippen molar-refractivity contribution < 1.29 is 4.79 Å². The molecule has 31 heavy (non-hydrogen) atoms. The van der Waals surface area contributed by atoms with Gasteiger partial charge in [-0.3, -0.25) is 4.79 Å². The second-order valence-corrected chi connectivity index (χ2v) is 7.22. The van der Waals surface area contributed by atoms with Gasteiger partial charge in [0.2, 0.25) is 5.91 Å². The molecule has 0 unspecified atom stereocenters. The van der Waals surface area contributed by atoms with Crippen LogP contribution >= 0.6 is 0 Å². The van der Waals surface area contributed by atoms with Crippen molar-refractivity contribution >= 4 is 11.9 Å². The van der Waals surface area contributed by atoms with Crippen LogP contribution in [0.2, 0.25) is 0 Å². The number of hydrogen-bond donors (Lipinski definition) is 3. The standard InChI is InChI=1S/C24H30N6O/c1-3-25-24(28-17-23(31)26-15-14-19-10-6-4-7-11-19)30(2)18-22-27-16-21(29-22)20-12-8-5-9-13-20/h4-13,16H,3,14-15,17-18H2,1-2H3,(H,25,28)(H,26,31)(H,27,29). The number of aliphatic imine (C=N–C) groups is 1. The second-order valence-electron chi connectivity index (χ2n) is 7.22. The zero-order chi connectivity index (χ0) is 21.9. The lowest BCUT2D eigenvalue weighted by molar-refractivity contribution is -0.119. The summed E-state index contributed by atoms with van der Waals surface area (Å²) < 4.78 is 0. The number of benzene rings is 2. The number of aromatic nitrogens is 2. The molecule has 3 N–H and O–H groups in total. The number of hydrogen-bond acceptors (Lipinski definition) is 3. The lowest BCUT2D eigenvalue weighted by Crippen LogP contribution is -2.39. The van der Waals surface area contributed by atoms with Crippen LogP contribution in [0.15, 0.2) is 71.9 Å². The van der Waals surface area contributed by atoms with E-state index in [1.807, 2.05) is 73.6 Å². The minimum absolute atomic E-state index is 0.0783. The smallest absolute Gasteiger partial charge is 0.241 e. The molecule has 162 valence electrons. The number of rotatable bonds is 9. The quantitative estimate of drug-likeness (QED) is 0.368. The topological polar surface area (TPSA) is 85.4 Å². The van der Waals surface area contributed by atoms with Crippen LogP contribution in [0.5, 0.6) is 0 Å². The summed E-state index contributed by atoms with van der Waals surface area (Å²) in [5.41, 5.74) is 3.27. The van der Waals surface area contributed by atoms with E-state index in [1.54, 1.807) is 0 Å². The van der Waals surface area contributed by atoms with E-state index in [0.717, 1.165) is 23.5 Å². The summed E-state index contributed by atoms with van der Waals surface area (Å²) in [6.07, 6.45) is 2.64. The molecule has 1 heterocycles. The third kappa shape index (κ3) is 6.99. The molecule has 1 aromatic heterocycles. The molecule has 7 nitrogen and oxygen atoms in total. The summed E-state index contributed by atoms with van der Waals surface area (Å²) in [4.78, 5) is 26.5. The molecule has 0 saturated carbocycles. The number of amides is 1. The van der Waals surface area contributed by atoms with Crippen molar-refractivity contribution in [1.29, 1.82) is 0 Å². The highest BCUT2D eigenvalue weighted by molar-refractivity contribution is 5.84. The normalized spacial score (nSPS) is 11.2. The molecule has 3 aromatic rings. The Morgan fingerprint density at radius 2 is 1.77 bits per heavy atom. The van der Waals surface area contributed by atoms with E-state index in [9.17, 15) is 4.79 Å². The summed E-state index contributed by atoms with van der Waals surface area (Å²) in [7, 11) is 1.93. The minimum Gasteiger partial charge on any atom is -0.357 e. The van der Waals surface area contributed by atoms with Gasteiger partial charge in [0.1, 0.15) is 12.4 Å². The van der Waals surface area contributed by atoms with Crippen LogP contribution in [0.1, 0.15) is 18.3 Å². The van der Waals surface area contributed by atoms with Crippen molar-refractivity contribution in [3.8, 4) is 11.3 Å². The summed E-state index contributed by atoms with van der Waals surface area (Å²) in [5, 5.41) is 6.16. The Balaban J connectivity index is 1.52. The van der Waals surface area contributed by atoms with Crippen LogP contribution in [0.25, 0.3) is 11.3 Å². The second kappa shape index (κ2) is 11.5. The van der Waals surface area contributed by atoms with Gasteiger partial charge < -0.3 is 20.5 Å².